The van der Waals surface area contributed by atoms with Crippen molar-refractivity contribution in [2.45, 2.75) is 32.4 Å². The molecule has 3 rings (SSSR count). The number of aromatic nitrogens is 1. The van der Waals surface area contributed by atoms with Gasteiger partial charge in [0.05, 0.1) is 24.4 Å². The van der Waals surface area contributed by atoms with Crippen LogP contribution in [0, 0.1) is 5.92 Å². The summed E-state index contributed by atoms with van der Waals surface area (Å²) in [5.41, 5.74) is 0.832. The van der Waals surface area contributed by atoms with Gasteiger partial charge in [0.2, 0.25) is 11.8 Å². The number of nitrogens with zero attached hydrogens (tertiary/aromatic N) is 2. The van der Waals surface area contributed by atoms with Crippen molar-refractivity contribution in [1.29, 1.82) is 0 Å². The van der Waals surface area contributed by atoms with Gasteiger partial charge in [-0.1, -0.05) is 6.07 Å². The molecule has 0 unspecified atom stereocenters. The van der Waals surface area contributed by atoms with Crippen molar-refractivity contribution >= 4 is 11.8 Å². The molecule has 1 aliphatic heterocycles. The number of nitrogens with one attached hydrogen (secondary N) is 1. The van der Waals surface area contributed by atoms with Gasteiger partial charge in [-0.2, -0.15) is 0 Å². The van der Waals surface area contributed by atoms with Crippen LogP contribution >= 0.6 is 0 Å². The van der Waals surface area contributed by atoms with Gasteiger partial charge in [-0.05, 0) is 31.2 Å². The second-order valence-electron chi connectivity index (χ2n) is 6.19. The summed E-state index contributed by atoms with van der Waals surface area (Å²) in [6.07, 6.45) is 4.22. The minimum Gasteiger partial charge on any atom is -0.469 e. The second-order valence-corrected chi connectivity index (χ2v) is 6.19. The van der Waals surface area contributed by atoms with E-state index in [1.807, 2.05) is 37.3 Å². The first kappa shape index (κ1) is 16.2. The monoisotopic (exact) mass is 327 g/mol. The molecule has 126 valence electrons. The maximum Gasteiger partial charge on any atom is 0.225 e. The van der Waals surface area contributed by atoms with Crippen molar-refractivity contribution in [3.63, 3.8) is 0 Å². The van der Waals surface area contributed by atoms with Crippen LogP contribution in [0.3, 0.4) is 0 Å². The topological polar surface area (TPSA) is 75.4 Å². The van der Waals surface area contributed by atoms with E-state index >= 15 is 0 Å². The fourth-order valence-electron chi connectivity index (χ4n) is 2.93. The van der Waals surface area contributed by atoms with Gasteiger partial charge in [0.15, 0.2) is 0 Å². The van der Waals surface area contributed by atoms with Gasteiger partial charge in [-0.25, -0.2) is 0 Å². The molecule has 6 heteroatoms. The summed E-state index contributed by atoms with van der Waals surface area (Å²) >= 11 is 0. The molecular formula is C18H21N3O3. The molecule has 0 spiro atoms. The molecule has 24 heavy (non-hydrogen) atoms. The van der Waals surface area contributed by atoms with E-state index in [4.69, 9.17) is 4.42 Å². The normalized spacial score (nSPS) is 18.6. The molecule has 2 aromatic heterocycles. The van der Waals surface area contributed by atoms with E-state index in [1.54, 1.807) is 17.4 Å². The Kier molecular flexibility index (Phi) is 4.93. The SMILES string of the molecule is C[C@@H](Cc1ccco1)NC(=O)[C@@H]1CC(=O)N(Cc2ccccn2)C1. The highest BCUT2D eigenvalue weighted by Gasteiger charge is 2.34. The first-order valence-electron chi connectivity index (χ1n) is 8.12. The summed E-state index contributed by atoms with van der Waals surface area (Å²) in [6.45, 7) is 2.82. The molecule has 1 fully saturated rings. The molecule has 1 saturated heterocycles. The Morgan fingerprint density at radius 3 is 3.00 bits per heavy atom. The summed E-state index contributed by atoms with van der Waals surface area (Å²) < 4.78 is 5.29. The number of amides is 2. The maximum atomic E-state index is 12.4. The lowest BCUT2D eigenvalue weighted by molar-refractivity contribution is -0.129. The molecule has 1 aliphatic rings. The number of hydrogen-bond acceptors (Lipinski definition) is 4. The molecule has 0 aromatic carbocycles. The van der Waals surface area contributed by atoms with Crippen LogP contribution < -0.4 is 5.32 Å². The lowest BCUT2D eigenvalue weighted by Crippen LogP contribution is -2.39. The predicted octanol–water partition coefficient (Wildman–Crippen LogP) is 1.77. The highest BCUT2D eigenvalue weighted by atomic mass is 16.3. The Balaban J connectivity index is 1.52. The molecule has 0 radical (unpaired) electrons. The number of carbonyl (C=O) groups excluding carboxylic acids is 2. The minimum atomic E-state index is -0.305. The number of pyridine rings is 1. The van der Waals surface area contributed by atoms with Crippen LogP contribution in [0.1, 0.15) is 24.8 Å². The van der Waals surface area contributed by atoms with Gasteiger partial charge in [-0.15, -0.1) is 0 Å². The highest BCUT2D eigenvalue weighted by Crippen LogP contribution is 2.20. The van der Waals surface area contributed by atoms with Gasteiger partial charge in [0.1, 0.15) is 5.76 Å². The van der Waals surface area contributed by atoms with E-state index < -0.39 is 0 Å². The number of furan rings is 1. The summed E-state index contributed by atoms with van der Waals surface area (Å²) in [4.78, 5) is 30.5. The van der Waals surface area contributed by atoms with E-state index in [1.165, 1.54) is 0 Å². The molecule has 1 N–H and O–H groups in total. The Hall–Kier alpha value is -2.63. The zero-order valence-electron chi connectivity index (χ0n) is 13.6. The molecule has 2 aromatic rings. The summed E-state index contributed by atoms with van der Waals surface area (Å²) in [5.74, 6) is 0.452. The molecule has 3 heterocycles. The van der Waals surface area contributed by atoms with Gasteiger partial charge in [0.25, 0.3) is 0 Å². The third-order valence-corrected chi connectivity index (χ3v) is 4.14. The van der Waals surface area contributed by atoms with E-state index in [9.17, 15) is 9.59 Å². The number of carbonyl (C=O) groups is 2. The van der Waals surface area contributed by atoms with E-state index in [2.05, 4.69) is 10.3 Å². The zero-order chi connectivity index (χ0) is 16.9. The quantitative estimate of drug-likeness (QED) is 0.877. The van der Waals surface area contributed by atoms with Crippen molar-refractivity contribution in [1.82, 2.24) is 15.2 Å². The van der Waals surface area contributed by atoms with Crippen molar-refractivity contribution < 1.29 is 14.0 Å². The third-order valence-electron chi connectivity index (χ3n) is 4.14. The molecule has 2 atom stereocenters. The lowest BCUT2D eigenvalue weighted by atomic mass is 10.1. The molecule has 2 amide bonds. The fourth-order valence-corrected chi connectivity index (χ4v) is 2.93. The molecule has 0 bridgehead atoms. The van der Waals surface area contributed by atoms with Crippen LogP contribution in [0.25, 0.3) is 0 Å². The van der Waals surface area contributed by atoms with Crippen LogP contribution in [0.5, 0.6) is 0 Å². The van der Waals surface area contributed by atoms with Gasteiger partial charge < -0.3 is 14.6 Å². The van der Waals surface area contributed by atoms with Crippen molar-refractivity contribution in [3.05, 3.63) is 54.2 Å². The van der Waals surface area contributed by atoms with Gasteiger partial charge in [-0.3, -0.25) is 14.6 Å². The van der Waals surface area contributed by atoms with Crippen LogP contribution in [-0.2, 0) is 22.6 Å². The highest BCUT2D eigenvalue weighted by molar-refractivity contribution is 5.89. The molecular weight excluding hydrogens is 306 g/mol. The van der Waals surface area contributed by atoms with Crippen LogP contribution in [0.4, 0.5) is 0 Å². The fraction of sp³-hybridized carbons (Fsp3) is 0.389. The third kappa shape index (κ3) is 4.01. The average Bonchev–Trinajstić information content (AvgIpc) is 3.19. The van der Waals surface area contributed by atoms with Gasteiger partial charge >= 0.3 is 0 Å². The predicted molar refractivity (Wildman–Crippen MR) is 87.8 cm³/mol. The second kappa shape index (κ2) is 7.29. The Morgan fingerprint density at radius 1 is 1.42 bits per heavy atom. The van der Waals surface area contributed by atoms with Crippen molar-refractivity contribution in [2.24, 2.45) is 5.92 Å². The Bertz CT molecular complexity index is 685. The molecule has 0 saturated carbocycles. The standard InChI is InChI=1S/C18H21N3O3/c1-13(9-16-6-4-8-24-16)20-18(23)14-10-17(22)21(11-14)12-15-5-2-3-7-19-15/h2-8,13-14H,9-12H2,1H3,(H,20,23)/t13-,14+/m0/s1. The number of rotatable bonds is 6. The van der Waals surface area contributed by atoms with Crippen LogP contribution in [-0.4, -0.2) is 34.3 Å². The number of likely N-dealkylation sites (tertiary alicyclic amines) is 1. The first-order chi connectivity index (χ1) is 11.6. The van der Waals surface area contributed by atoms with E-state index in [-0.39, 0.29) is 30.2 Å². The largest absolute Gasteiger partial charge is 0.469 e. The first-order valence-corrected chi connectivity index (χ1v) is 8.12. The van der Waals surface area contributed by atoms with E-state index in [0.29, 0.717) is 19.5 Å². The molecule has 6 nitrogen and oxygen atoms in total. The summed E-state index contributed by atoms with van der Waals surface area (Å²) in [7, 11) is 0. The smallest absolute Gasteiger partial charge is 0.225 e. The number of hydrogen-bond donors (Lipinski definition) is 1. The summed E-state index contributed by atoms with van der Waals surface area (Å²) in [5, 5.41) is 2.97. The Morgan fingerprint density at radius 2 is 2.29 bits per heavy atom. The maximum absolute atomic E-state index is 12.4. The van der Waals surface area contributed by atoms with Gasteiger partial charge in [0, 0.05) is 31.6 Å². The lowest BCUT2D eigenvalue weighted by Gasteiger charge is -2.18. The van der Waals surface area contributed by atoms with Crippen molar-refractivity contribution in [2.75, 3.05) is 6.54 Å². The zero-order valence-corrected chi connectivity index (χ0v) is 13.6. The van der Waals surface area contributed by atoms with Crippen LogP contribution in [0.15, 0.2) is 47.2 Å². The average molecular weight is 327 g/mol. The van der Waals surface area contributed by atoms with Crippen LogP contribution in [0.2, 0.25) is 0 Å². The van der Waals surface area contributed by atoms with E-state index in [0.717, 1.165) is 11.5 Å². The minimum absolute atomic E-state index is 0.000472. The van der Waals surface area contributed by atoms with Crippen molar-refractivity contribution in [3.8, 4) is 0 Å². The Labute approximate surface area is 140 Å². The molecule has 0 aliphatic carbocycles. The summed E-state index contributed by atoms with van der Waals surface area (Å²) in [6, 6.07) is 9.29.